The molecule has 3 rings (SSSR count). The lowest BCUT2D eigenvalue weighted by Crippen LogP contribution is -2.33. The highest BCUT2D eigenvalue weighted by atomic mass is 16.5. The Labute approximate surface area is 166 Å². The number of rotatable bonds is 5. The number of hydrogen-bond donors (Lipinski definition) is 1. The quantitative estimate of drug-likeness (QED) is 0.731. The molecule has 0 spiro atoms. The summed E-state index contributed by atoms with van der Waals surface area (Å²) in [6, 6.07) is 3.49. The van der Waals surface area contributed by atoms with Crippen molar-refractivity contribution in [1.29, 1.82) is 0 Å². The Kier molecular flexibility index (Phi) is 5.66. The Bertz CT molecular complexity index is 991. The van der Waals surface area contributed by atoms with E-state index in [2.05, 4.69) is 25.5 Å². The number of carbonyl (C=O) groups is 3. The van der Waals surface area contributed by atoms with Crippen molar-refractivity contribution >= 4 is 29.3 Å². The Hall–Kier alpha value is -3.63. The maximum Gasteiger partial charge on any atom is 0.355 e. The molecule has 0 saturated heterocycles. The molecule has 11 heteroatoms. The zero-order valence-corrected chi connectivity index (χ0v) is 16.6. The van der Waals surface area contributed by atoms with Crippen LogP contribution in [0, 0.1) is 20.8 Å². The second-order valence-electron chi connectivity index (χ2n) is 6.62. The van der Waals surface area contributed by atoms with Crippen LogP contribution in [0.15, 0.2) is 17.2 Å². The fraction of sp³-hybridized carbons (Fsp3) is 0.389. The number of anilines is 1. The van der Waals surface area contributed by atoms with Crippen molar-refractivity contribution in [1.82, 2.24) is 24.8 Å². The molecular weight excluding hydrogens is 378 g/mol. The van der Waals surface area contributed by atoms with Gasteiger partial charge < -0.3 is 10.1 Å². The van der Waals surface area contributed by atoms with Gasteiger partial charge in [0.15, 0.2) is 6.61 Å². The minimum atomic E-state index is -0.734. The van der Waals surface area contributed by atoms with E-state index in [1.165, 1.54) is 11.7 Å². The van der Waals surface area contributed by atoms with Crippen molar-refractivity contribution in [2.75, 3.05) is 19.0 Å². The predicted octanol–water partition coefficient (Wildman–Crippen LogP) is 0.677. The first-order chi connectivity index (χ1) is 13.7. The molecule has 0 aromatic carbocycles. The smallest absolute Gasteiger partial charge is 0.355 e. The van der Waals surface area contributed by atoms with Crippen LogP contribution in [0.5, 0.6) is 0 Å². The van der Waals surface area contributed by atoms with E-state index in [1.54, 1.807) is 13.0 Å². The molecule has 0 unspecified atom stereocenters. The first-order valence-electron chi connectivity index (χ1n) is 8.93. The molecule has 1 N–H and O–H groups in total. The van der Waals surface area contributed by atoms with Crippen LogP contribution >= 0.6 is 0 Å². The van der Waals surface area contributed by atoms with Crippen molar-refractivity contribution in [3.63, 3.8) is 0 Å². The molecule has 152 valence electrons. The normalized spacial score (nSPS) is 13.9. The van der Waals surface area contributed by atoms with Gasteiger partial charge in [0.1, 0.15) is 11.5 Å². The van der Waals surface area contributed by atoms with Crippen LogP contribution in [0.4, 0.5) is 5.82 Å². The summed E-state index contributed by atoms with van der Waals surface area (Å²) in [5.74, 6) is -0.788. The molecule has 0 aliphatic carbocycles. The number of hydrazone groups is 1. The highest BCUT2D eigenvalue weighted by Crippen LogP contribution is 2.15. The van der Waals surface area contributed by atoms with Crippen LogP contribution in [-0.4, -0.2) is 61.9 Å². The van der Waals surface area contributed by atoms with E-state index >= 15 is 0 Å². The van der Waals surface area contributed by atoms with E-state index in [4.69, 9.17) is 4.74 Å². The van der Waals surface area contributed by atoms with Gasteiger partial charge in [0.25, 0.3) is 11.9 Å². The number of aryl methyl sites for hydroxylation is 3. The maximum atomic E-state index is 12.3. The monoisotopic (exact) mass is 399 g/mol. The van der Waals surface area contributed by atoms with Crippen LogP contribution in [0.2, 0.25) is 0 Å². The standard InChI is InChI=1S/C18H21N7O4/c1-10-7-11(2)20-18(19-10)25-14(8-12(3)22-25)21-15(26)9-29-17(28)13-5-6-16(27)24(4)23-13/h7-8H,5-6,9H2,1-4H3,(H,21,26). The van der Waals surface area contributed by atoms with Crippen LogP contribution in [-0.2, 0) is 19.1 Å². The summed E-state index contributed by atoms with van der Waals surface area (Å²) in [4.78, 5) is 44.4. The Morgan fingerprint density at radius 3 is 2.45 bits per heavy atom. The Morgan fingerprint density at radius 1 is 1.10 bits per heavy atom. The predicted molar refractivity (Wildman–Crippen MR) is 102 cm³/mol. The molecule has 0 radical (unpaired) electrons. The zero-order valence-electron chi connectivity index (χ0n) is 16.6. The highest BCUT2D eigenvalue weighted by molar-refractivity contribution is 6.37. The van der Waals surface area contributed by atoms with Gasteiger partial charge in [-0.3, -0.25) is 9.59 Å². The van der Waals surface area contributed by atoms with Crippen LogP contribution in [0.1, 0.15) is 29.9 Å². The van der Waals surface area contributed by atoms with E-state index < -0.39 is 18.5 Å². The lowest BCUT2D eigenvalue weighted by atomic mass is 10.2. The van der Waals surface area contributed by atoms with Crippen LogP contribution < -0.4 is 5.32 Å². The zero-order chi connectivity index (χ0) is 21.1. The molecule has 0 fully saturated rings. The second-order valence-corrected chi connectivity index (χ2v) is 6.62. The van der Waals surface area contributed by atoms with Crippen molar-refractivity contribution in [2.45, 2.75) is 33.6 Å². The molecular formula is C18H21N7O4. The molecule has 0 atom stereocenters. The molecule has 2 amide bonds. The lowest BCUT2D eigenvalue weighted by Gasteiger charge is -2.18. The molecule has 11 nitrogen and oxygen atoms in total. The van der Waals surface area contributed by atoms with Crippen molar-refractivity contribution in [3.8, 4) is 5.95 Å². The number of amides is 2. The van der Waals surface area contributed by atoms with Gasteiger partial charge in [0.2, 0.25) is 5.91 Å². The van der Waals surface area contributed by atoms with Crippen molar-refractivity contribution in [3.05, 3.63) is 29.2 Å². The summed E-state index contributed by atoms with van der Waals surface area (Å²) < 4.78 is 6.43. The fourth-order valence-corrected chi connectivity index (χ4v) is 2.75. The number of hydrogen-bond acceptors (Lipinski definition) is 8. The second kappa shape index (κ2) is 8.17. The van der Waals surface area contributed by atoms with E-state index in [0.29, 0.717) is 17.5 Å². The van der Waals surface area contributed by atoms with Crippen LogP contribution in [0.25, 0.3) is 5.95 Å². The molecule has 1 aliphatic rings. The van der Waals surface area contributed by atoms with Crippen molar-refractivity contribution < 1.29 is 19.1 Å². The van der Waals surface area contributed by atoms with Gasteiger partial charge in [-0.2, -0.15) is 14.9 Å². The summed E-state index contributed by atoms with van der Waals surface area (Å²) in [5.41, 5.74) is 2.29. The number of carbonyl (C=O) groups excluding carboxylic acids is 3. The van der Waals surface area contributed by atoms with E-state index in [-0.39, 0.29) is 24.5 Å². The van der Waals surface area contributed by atoms with Gasteiger partial charge >= 0.3 is 5.97 Å². The largest absolute Gasteiger partial charge is 0.451 e. The third kappa shape index (κ3) is 4.81. The number of ether oxygens (including phenoxy) is 1. The van der Waals surface area contributed by atoms with E-state index in [0.717, 1.165) is 16.4 Å². The fourth-order valence-electron chi connectivity index (χ4n) is 2.75. The molecule has 2 aromatic rings. The summed E-state index contributed by atoms with van der Waals surface area (Å²) >= 11 is 0. The van der Waals surface area contributed by atoms with Gasteiger partial charge in [-0.1, -0.05) is 0 Å². The summed E-state index contributed by atoms with van der Waals surface area (Å²) in [7, 11) is 1.46. The first kappa shape index (κ1) is 20.1. The minimum Gasteiger partial charge on any atom is -0.451 e. The molecule has 2 aromatic heterocycles. The Balaban J connectivity index is 1.66. The number of nitrogens with zero attached hydrogens (tertiary/aromatic N) is 6. The molecule has 0 bridgehead atoms. The van der Waals surface area contributed by atoms with Gasteiger partial charge in [0.05, 0.1) is 5.69 Å². The third-order valence-corrected chi connectivity index (χ3v) is 4.04. The highest BCUT2D eigenvalue weighted by Gasteiger charge is 2.24. The van der Waals surface area contributed by atoms with Gasteiger partial charge in [-0.15, -0.1) is 0 Å². The summed E-state index contributed by atoms with van der Waals surface area (Å²) in [5, 5.41) is 11.9. The van der Waals surface area contributed by atoms with Crippen molar-refractivity contribution in [2.24, 2.45) is 5.10 Å². The first-order valence-corrected chi connectivity index (χ1v) is 8.93. The molecule has 1 aliphatic heterocycles. The summed E-state index contributed by atoms with van der Waals surface area (Å²) in [6.07, 6.45) is 0.352. The molecule has 0 saturated carbocycles. The third-order valence-electron chi connectivity index (χ3n) is 4.04. The Morgan fingerprint density at radius 2 is 1.79 bits per heavy atom. The molecule has 29 heavy (non-hydrogen) atoms. The van der Waals surface area contributed by atoms with Gasteiger partial charge in [-0.05, 0) is 26.8 Å². The number of aromatic nitrogens is 4. The topological polar surface area (TPSA) is 132 Å². The average molecular weight is 399 g/mol. The van der Waals surface area contributed by atoms with Gasteiger partial charge in [0, 0.05) is 37.3 Å². The maximum absolute atomic E-state index is 12.3. The van der Waals surface area contributed by atoms with E-state index in [9.17, 15) is 14.4 Å². The lowest BCUT2D eigenvalue weighted by molar-refractivity contribution is -0.141. The number of esters is 1. The summed E-state index contributed by atoms with van der Waals surface area (Å²) in [6.45, 7) is 4.94. The van der Waals surface area contributed by atoms with Crippen LogP contribution in [0.3, 0.4) is 0 Å². The van der Waals surface area contributed by atoms with Gasteiger partial charge in [-0.25, -0.2) is 19.8 Å². The average Bonchev–Trinajstić information content (AvgIpc) is 3.01. The van der Waals surface area contributed by atoms with E-state index in [1.807, 2.05) is 19.9 Å². The SMILES string of the molecule is Cc1cc(C)nc(-n2nc(C)cc2NC(=O)COC(=O)C2=NN(C)C(=O)CC2)n1. The molecule has 3 heterocycles. The minimum absolute atomic E-state index is 0.101. The number of nitrogens with one attached hydrogen (secondary N) is 1.